The minimum atomic E-state index is -0.177. The van der Waals surface area contributed by atoms with E-state index in [0.29, 0.717) is 5.02 Å². The van der Waals surface area contributed by atoms with Crippen LogP contribution >= 0.6 is 11.6 Å². The molecule has 2 heterocycles. The van der Waals surface area contributed by atoms with Crippen LogP contribution in [0.3, 0.4) is 0 Å². The maximum atomic E-state index is 6.24. The van der Waals surface area contributed by atoms with E-state index in [1.165, 1.54) is 0 Å². The molecule has 0 bridgehead atoms. The van der Waals surface area contributed by atoms with Crippen LogP contribution in [0.25, 0.3) is 6.08 Å². The van der Waals surface area contributed by atoms with Gasteiger partial charge in [0.05, 0.1) is 5.02 Å². The molecule has 0 radical (unpaired) electrons. The minimum absolute atomic E-state index is 0.177. The molecule has 1 fully saturated rings. The van der Waals surface area contributed by atoms with E-state index in [-0.39, 0.29) is 5.60 Å². The molecule has 2 N–H and O–H groups in total. The lowest BCUT2D eigenvalue weighted by molar-refractivity contribution is 0.0399. The first kappa shape index (κ1) is 13.0. The Balaban J connectivity index is 1.77. The zero-order valence-electron chi connectivity index (χ0n) is 10.9. The zero-order chi connectivity index (χ0) is 13.3. The van der Waals surface area contributed by atoms with E-state index in [2.05, 4.69) is 17.1 Å². The van der Waals surface area contributed by atoms with Crippen molar-refractivity contribution in [2.75, 3.05) is 26.2 Å². The second-order valence-corrected chi connectivity index (χ2v) is 5.70. The van der Waals surface area contributed by atoms with Gasteiger partial charge < -0.3 is 15.4 Å². The maximum absolute atomic E-state index is 6.24. The number of halogens is 1. The third-order valence-corrected chi connectivity index (χ3v) is 4.31. The summed E-state index contributed by atoms with van der Waals surface area (Å²) in [6, 6.07) is 5.88. The van der Waals surface area contributed by atoms with Gasteiger partial charge in [0.25, 0.3) is 0 Å². The lowest BCUT2D eigenvalue weighted by Gasteiger charge is -2.42. The van der Waals surface area contributed by atoms with Crippen LogP contribution in [-0.2, 0) is 0 Å². The highest BCUT2D eigenvalue weighted by molar-refractivity contribution is 6.32. The van der Waals surface area contributed by atoms with E-state index in [0.717, 1.165) is 50.3 Å². The summed E-state index contributed by atoms with van der Waals surface area (Å²) in [6.07, 6.45) is 6.33. The van der Waals surface area contributed by atoms with Gasteiger partial charge in [0, 0.05) is 44.6 Å². The molecule has 1 aromatic rings. The lowest BCUT2D eigenvalue weighted by atomic mass is 9.88. The van der Waals surface area contributed by atoms with Crippen molar-refractivity contribution in [3.8, 4) is 5.75 Å². The molecule has 102 valence electrons. The van der Waals surface area contributed by atoms with Crippen molar-refractivity contribution >= 4 is 17.7 Å². The molecule has 0 aliphatic carbocycles. The fourth-order valence-electron chi connectivity index (χ4n) is 2.85. The molecule has 0 atom stereocenters. The van der Waals surface area contributed by atoms with E-state index in [1.807, 2.05) is 18.2 Å². The monoisotopic (exact) mass is 278 g/mol. The van der Waals surface area contributed by atoms with Crippen LogP contribution in [0.1, 0.15) is 18.4 Å². The maximum Gasteiger partial charge on any atom is 0.146 e. The summed E-state index contributed by atoms with van der Waals surface area (Å²) in [4.78, 5) is 2.39. The minimum Gasteiger partial charge on any atom is -0.481 e. The Morgan fingerprint density at radius 3 is 2.84 bits per heavy atom. The standard InChI is InChI=1S/C15H19ClN2O/c16-13-3-1-2-12-4-5-15(19-14(12)13)6-9-18(10-7-15)11-8-17/h1-5H,6-11,17H2. The van der Waals surface area contributed by atoms with Gasteiger partial charge in [0.1, 0.15) is 11.4 Å². The van der Waals surface area contributed by atoms with E-state index in [4.69, 9.17) is 22.1 Å². The zero-order valence-corrected chi connectivity index (χ0v) is 11.7. The van der Waals surface area contributed by atoms with Crippen molar-refractivity contribution in [1.29, 1.82) is 0 Å². The summed E-state index contributed by atoms with van der Waals surface area (Å²) in [5.74, 6) is 0.832. The summed E-state index contributed by atoms with van der Waals surface area (Å²) in [5, 5.41) is 0.700. The smallest absolute Gasteiger partial charge is 0.146 e. The lowest BCUT2D eigenvalue weighted by Crippen LogP contribution is -2.48. The molecule has 1 aromatic carbocycles. The van der Waals surface area contributed by atoms with Crippen LogP contribution in [0.2, 0.25) is 5.02 Å². The molecular weight excluding hydrogens is 260 g/mol. The number of para-hydroxylation sites is 1. The van der Waals surface area contributed by atoms with Crippen LogP contribution in [-0.4, -0.2) is 36.7 Å². The van der Waals surface area contributed by atoms with Gasteiger partial charge in [-0.2, -0.15) is 0 Å². The molecule has 1 saturated heterocycles. The molecule has 2 aliphatic heterocycles. The van der Waals surface area contributed by atoms with Crippen LogP contribution in [0.5, 0.6) is 5.75 Å². The second-order valence-electron chi connectivity index (χ2n) is 5.29. The average Bonchev–Trinajstić information content (AvgIpc) is 2.43. The summed E-state index contributed by atoms with van der Waals surface area (Å²) in [6.45, 7) is 3.75. The molecule has 0 aromatic heterocycles. The van der Waals surface area contributed by atoms with Crippen molar-refractivity contribution in [1.82, 2.24) is 4.90 Å². The van der Waals surface area contributed by atoms with Gasteiger partial charge in [-0.05, 0) is 12.1 Å². The van der Waals surface area contributed by atoms with Gasteiger partial charge >= 0.3 is 0 Å². The van der Waals surface area contributed by atoms with E-state index in [1.54, 1.807) is 0 Å². The van der Waals surface area contributed by atoms with Crippen LogP contribution in [0.4, 0.5) is 0 Å². The molecule has 4 heteroatoms. The van der Waals surface area contributed by atoms with Gasteiger partial charge in [0.15, 0.2) is 0 Å². The quantitative estimate of drug-likeness (QED) is 0.904. The highest BCUT2D eigenvalue weighted by Crippen LogP contribution is 2.40. The fourth-order valence-corrected chi connectivity index (χ4v) is 3.07. The number of hydrogen-bond acceptors (Lipinski definition) is 3. The number of fused-ring (bicyclic) bond motifs is 1. The Labute approximate surface area is 119 Å². The Kier molecular flexibility index (Phi) is 3.52. The third-order valence-electron chi connectivity index (χ3n) is 4.02. The van der Waals surface area contributed by atoms with E-state index >= 15 is 0 Å². The molecule has 19 heavy (non-hydrogen) atoms. The van der Waals surface area contributed by atoms with Crippen LogP contribution in [0, 0.1) is 0 Å². The Morgan fingerprint density at radius 1 is 1.32 bits per heavy atom. The van der Waals surface area contributed by atoms with Crippen molar-refractivity contribution in [2.24, 2.45) is 5.73 Å². The third kappa shape index (κ3) is 2.50. The number of hydrogen-bond donors (Lipinski definition) is 1. The number of nitrogens with two attached hydrogens (primary N) is 1. The number of rotatable bonds is 2. The number of nitrogens with zero attached hydrogens (tertiary/aromatic N) is 1. The molecule has 1 spiro atoms. The second kappa shape index (κ2) is 5.16. The molecular formula is C15H19ClN2O. The van der Waals surface area contributed by atoms with Gasteiger partial charge in [-0.15, -0.1) is 0 Å². The summed E-state index contributed by atoms with van der Waals surface area (Å²) < 4.78 is 6.24. The van der Waals surface area contributed by atoms with Crippen molar-refractivity contribution < 1.29 is 4.74 Å². The predicted molar refractivity (Wildman–Crippen MR) is 78.6 cm³/mol. The van der Waals surface area contributed by atoms with Crippen LogP contribution in [0.15, 0.2) is 24.3 Å². The molecule has 0 unspecified atom stereocenters. The number of piperidine rings is 1. The van der Waals surface area contributed by atoms with Crippen molar-refractivity contribution in [3.05, 3.63) is 34.9 Å². The molecule has 3 rings (SSSR count). The molecule has 0 amide bonds. The number of ether oxygens (including phenoxy) is 1. The Bertz CT molecular complexity index is 493. The number of likely N-dealkylation sites (tertiary alicyclic amines) is 1. The van der Waals surface area contributed by atoms with E-state index in [9.17, 15) is 0 Å². The Morgan fingerprint density at radius 2 is 2.11 bits per heavy atom. The van der Waals surface area contributed by atoms with Crippen molar-refractivity contribution in [2.45, 2.75) is 18.4 Å². The first-order chi connectivity index (χ1) is 9.22. The first-order valence-corrected chi connectivity index (χ1v) is 7.19. The summed E-state index contributed by atoms with van der Waals surface area (Å²) in [5.41, 5.74) is 6.50. The normalized spacial score (nSPS) is 21.2. The van der Waals surface area contributed by atoms with Crippen LogP contribution < -0.4 is 10.5 Å². The SMILES string of the molecule is NCCN1CCC2(C=Cc3cccc(Cl)c3O2)CC1. The van der Waals surface area contributed by atoms with Gasteiger partial charge in [-0.25, -0.2) is 0 Å². The van der Waals surface area contributed by atoms with E-state index < -0.39 is 0 Å². The molecule has 2 aliphatic rings. The van der Waals surface area contributed by atoms with Gasteiger partial charge in [-0.1, -0.05) is 29.8 Å². The number of benzene rings is 1. The van der Waals surface area contributed by atoms with Gasteiger partial charge in [0.2, 0.25) is 0 Å². The largest absolute Gasteiger partial charge is 0.481 e. The highest BCUT2D eigenvalue weighted by atomic mass is 35.5. The molecule has 0 saturated carbocycles. The van der Waals surface area contributed by atoms with Gasteiger partial charge in [-0.3, -0.25) is 0 Å². The average molecular weight is 279 g/mol. The molecule has 3 nitrogen and oxygen atoms in total. The first-order valence-electron chi connectivity index (χ1n) is 6.82. The predicted octanol–water partition coefficient (Wildman–Crippen LogP) is 2.54. The highest BCUT2D eigenvalue weighted by Gasteiger charge is 2.36. The van der Waals surface area contributed by atoms with Crippen molar-refractivity contribution in [3.63, 3.8) is 0 Å². The fraction of sp³-hybridized carbons (Fsp3) is 0.467. The summed E-state index contributed by atoms with van der Waals surface area (Å²) >= 11 is 6.24. The topological polar surface area (TPSA) is 38.5 Å². The Hall–Kier alpha value is -1.03. The summed E-state index contributed by atoms with van der Waals surface area (Å²) in [7, 11) is 0.